The lowest BCUT2D eigenvalue weighted by Crippen LogP contribution is -2.12. The Labute approximate surface area is 92.1 Å². The molecule has 0 saturated carbocycles. The van der Waals surface area contributed by atoms with Crippen molar-refractivity contribution in [1.29, 1.82) is 0 Å². The molecule has 0 aliphatic carbocycles. The van der Waals surface area contributed by atoms with Crippen LogP contribution in [-0.2, 0) is 0 Å². The van der Waals surface area contributed by atoms with Crippen molar-refractivity contribution >= 4 is 0 Å². The summed E-state index contributed by atoms with van der Waals surface area (Å²) >= 11 is 0. The van der Waals surface area contributed by atoms with Crippen LogP contribution in [0.25, 0.3) is 11.5 Å². The molecule has 6 nitrogen and oxygen atoms in total. The lowest BCUT2D eigenvalue weighted by Gasteiger charge is -2.01. The monoisotopic (exact) mass is 217 g/mol. The first-order valence-electron chi connectivity index (χ1n) is 5.27. The molecule has 1 aliphatic heterocycles. The molecule has 0 radical (unpaired) electrons. The smallest absolute Gasteiger partial charge is 0.244 e. The van der Waals surface area contributed by atoms with Crippen LogP contribution in [0.2, 0.25) is 0 Å². The Kier molecular flexibility index (Phi) is 2.34. The zero-order chi connectivity index (χ0) is 10.8. The molecule has 2 aromatic rings. The third-order valence-electron chi connectivity index (χ3n) is 2.59. The molecule has 1 fully saturated rings. The maximum absolute atomic E-state index is 5.21. The number of nitrogens with one attached hydrogen (secondary N) is 1. The predicted molar refractivity (Wildman–Crippen MR) is 55.3 cm³/mol. The molecular formula is C10H11N5O. The minimum Gasteiger partial charge on any atom is -0.337 e. The number of nitrogens with zero attached hydrogens (tertiary/aromatic N) is 4. The molecule has 0 unspecified atom stereocenters. The summed E-state index contributed by atoms with van der Waals surface area (Å²) in [7, 11) is 0. The summed E-state index contributed by atoms with van der Waals surface area (Å²) in [6.07, 6.45) is 7.04. The third-order valence-corrected chi connectivity index (χ3v) is 2.59. The quantitative estimate of drug-likeness (QED) is 0.807. The van der Waals surface area contributed by atoms with Gasteiger partial charge in [0.15, 0.2) is 0 Å². The first-order chi connectivity index (χ1) is 7.93. The van der Waals surface area contributed by atoms with E-state index in [4.69, 9.17) is 4.52 Å². The van der Waals surface area contributed by atoms with Crippen molar-refractivity contribution in [2.45, 2.75) is 18.9 Å². The largest absolute Gasteiger partial charge is 0.337 e. The molecule has 1 atom stereocenters. The second-order valence-corrected chi connectivity index (χ2v) is 3.70. The first-order valence-corrected chi connectivity index (χ1v) is 5.27. The Balaban J connectivity index is 1.87. The molecule has 1 N–H and O–H groups in total. The standard InChI is InChI=1S/C10H11N5O/c1-2-7(12-3-1)10-14-9(15-16-10)8-6-11-4-5-13-8/h4-7,12H,1-3H2/t7-/m0/s1. The van der Waals surface area contributed by atoms with Gasteiger partial charge in [0.2, 0.25) is 11.7 Å². The van der Waals surface area contributed by atoms with Crippen molar-refractivity contribution < 1.29 is 4.52 Å². The molecule has 0 spiro atoms. The van der Waals surface area contributed by atoms with Crippen molar-refractivity contribution in [3.05, 3.63) is 24.5 Å². The Morgan fingerprint density at radius 2 is 2.38 bits per heavy atom. The van der Waals surface area contributed by atoms with Gasteiger partial charge in [0, 0.05) is 12.4 Å². The zero-order valence-corrected chi connectivity index (χ0v) is 8.63. The summed E-state index contributed by atoms with van der Waals surface area (Å²) in [4.78, 5) is 12.4. The van der Waals surface area contributed by atoms with Gasteiger partial charge < -0.3 is 9.84 Å². The van der Waals surface area contributed by atoms with E-state index in [0.29, 0.717) is 17.4 Å². The van der Waals surface area contributed by atoms with E-state index in [-0.39, 0.29) is 6.04 Å². The Morgan fingerprint density at radius 1 is 1.38 bits per heavy atom. The van der Waals surface area contributed by atoms with Crippen LogP contribution in [-0.4, -0.2) is 26.7 Å². The fraction of sp³-hybridized carbons (Fsp3) is 0.400. The Bertz CT molecular complexity index is 463. The van der Waals surface area contributed by atoms with E-state index in [1.807, 2.05) is 0 Å². The van der Waals surface area contributed by atoms with Gasteiger partial charge in [0.1, 0.15) is 5.69 Å². The van der Waals surface area contributed by atoms with Crippen molar-refractivity contribution in [3.63, 3.8) is 0 Å². The SMILES string of the molecule is c1cnc(-c2noc([C@@H]3CCCN3)n2)cn1. The van der Waals surface area contributed by atoms with E-state index in [1.54, 1.807) is 18.6 Å². The van der Waals surface area contributed by atoms with Crippen molar-refractivity contribution in [3.8, 4) is 11.5 Å². The summed E-state index contributed by atoms with van der Waals surface area (Å²) in [5.41, 5.74) is 0.635. The highest BCUT2D eigenvalue weighted by atomic mass is 16.5. The molecule has 1 saturated heterocycles. The van der Waals surface area contributed by atoms with Crippen LogP contribution in [0.1, 0.15) is 24.8 Å². The summed E-state index contributed by atoms with van der Waals surface area (Å²) in [5.74, 6) is 1.13. The molecule has 82 valence electrons. The molecule has 3 rings (SSSR count). The maximum atomic E-state index is 5.21. The van der Waals surface area contributed by atoms with Crippen molar-refractivity contribution in [2.75, 3.05) is 6.54 Å². The molecule has 1 aliphatic rings. The first kappa shape index (κ1) is 9.41. The summed E-state index contributed by atoms with van der Waals surface area (Å²) < 4.78 is 5.21. The number of hydrogen-bond donors (Lipinski definition) is 1. The molecule has 2 aromatic heterocycles. The van der Waals surface area contributed by atoms with Crippen LogP contribution >= 0.6 is 0 Å². The molecular weight excluding hydrogens is 206 g/mol. The van der Waals surface area contributed by atoms with Crippen LogP contribution in [0, 0.1) is 0 Å². The fourth-order valence-corrected chi connectivity index (χ4v) is 1.79. The number of aromatic nitrogens is 4. The molecule has 0 bridgehead atoms. The molecule has 0 aromatic carbocycles. The summed E-state index contributed by atoms with van der Waals surface area (Å²) in [6, 6.07) is 0.193. The zero-order valence-electron chi connectivity index (χ0n) is 8.63. The van der Waals surface area contributed by atoms with Crippen LogP contribution in [0.4, 0.5) is 0 Å². The average molecular weight is 217 g/mol. The van der Waals surface area contributed by atoms with E-state index in [0.717, 1.165) is 19.4 Å². The fourth-order valence-electron chi connectivity index (χ4n) is 1.79. The van der Waals surface area contributed by atoms with E-state index in [9.17, 15) is 0 Å². The second kappa shape index (κ2) is 3.97. The highest BCUT2D eigenvalue weighted by Crippen LogP contribution is 2.22. The lowest BCUT2D eigenvalue weighted by atomic mass is 10.2. The van der Waals surface area contributed by atoms with Crippen LogP contribution < -0.4 is 5.32 Å². The minimum absolute atomic E-state index is 0.193. The van der Waals surface area contributed by atoms with Gasteiger partial charge in [-0.3, -0.25) is 4.98 Å². The summed E-state index contributed by atoms with van der Waals surface area (Å²) in [6.45, 7) is 1.01. The maximum Gasteiger partial charge on any atom is 0.244 e. The highest BCUT2D eigenvalue weighted by Gasteiger charge is 2.22. The van der Waals surface area contributed by atoms with Crippen molar-refractivity contribution in [1.82, 2.24) is 25.4 Å². The summed E-state index contributed by atoms with van der Waals surface area (Å²) in [5, 5.41) is 7.21. The van der Waals surface area contributed by atoms with Crippen LogP contribution in [0.15, 0.2) is 23.1 Å². The third kappa shape index (κ3) is 1.67. The molecule has 0 amide bonds. The van der Waals surface area contributed by atoms with Crippen LogP contribution in [0.5, 0.6) is 0 Å². The Hall–Kier alpha value is -1.82. The highest BCUT2D eigenvalue weighted by molar-refractivity contribution is 5.45. The van der Waals surface area contributed by atoms with E-state index < -0.39 is 0 Å². The predicted octanol–water partition coefficient (Wildman–Crippen LogP) is 0.951. The van der Waals surface area contributed by atoms with Crippen LogP contribution in [0.3, 0.4) is 0 Å². The van der Waals surface area contributed by atoms with Gasteiger partial charge in [0.25, 0.3) is 0 Å². The van der Waals surface area contributed by atoms with Gasteiger partial charge in [-0.15, -0.1) is 0 Å². The molecule has 3 heterocycles. The average Bonchev–Trinajstić information content (AvgIpc) is 3.01. The van der Waals surface area contributed by atoms with Crippen molar-refractivity contribution in [2.24, 2.45) is 0 Å². The normalized spacial score (nSPS) is 20.1. The van der Waals surface area contributed by atoms with E-state index in [1.165, 1.54) is 0 Å². The van der Waals surface area contributed by atoms with Gasteiger partial charge in [-0.1, -0.05) is 5.16 Å². The van der Waals surface area contributed by atoms with Gasteiger partial charge in [-0.2, -0.15) is 4.98 Å². The lowest BCUT2D eigenvalue weighted by molar-refractivity contribution is 0.345. The Morgan fingerprint density at radius 3 is 3.12 bits per heavy atom. The number of hydrogen-bond acceptors (Lipinski definition) is 6. The van der Waals surface area contributed by atoms with Gasteiger partial charge in [0.05, 0.1) is 12.2 Å². The molecule has 16 heavy (non-hydrogen) atoms. The van der Waals surface area contributed by atoms with Gasteiger partial charge in [-0.05, 0) is 19.4 Å². The van der Waals surface area contributed by atoms with Gasteiger partial charge >= 0.3 is 0 Å². The van der Waals surface area contributed by atoms with E-state index in [2.05, 4.69) is 25.4 Å². The van der Waals surface area contributed by atoms with Gasteiger partial charge in [-0.25, -0.2) is 4.98 Å². The topological polar surface area (TPSA) is 76.7 Å². The van der Waals surface area contributed by atoms with E-state index >= 15 is 0 Å². The minimum atomic E-state index is 0.193. The second-order valence-electron chi connectivity index (χ2n) is 3.70. The number of rotatable bonds is 2. The molecule has 6 heteroatoms.